The van der Waals surface area contributed by atoms with Crippen molar-refractivity contribution in [1.82, 2.24) is 14.5 Å². The van der Waals surface area contributed by atoms with Crippen LogP contribution in [0, 0.1) is 13.8 Å². The van der Waals surface area contributed by atoms with Crippen LogP contribution in [0.15, 0.2) is 134 Å². The molecule has 0 saturated heterocycles. The van der Waals surface area contributed by atoms with E-state index in [1.807, 2.05) is 24.5 Å². The molecular formula is C48H37N3. The van der Waals surface area contributed by atoms with E-state index in [1.165, 1.54) is 88.7 Å². The minimum absolute atomic E-state index is 0.350. The second kappa shape index (κ2) is 9.92. The lowest BCUT2D eigenvalue weighted by Crippen LogP contribution is -2.41. The van der Waals surface area contributed by atoms with Crippen LogP contribution in [-0.4, -0.2) is 14.5 Å². The topological polar surface area (TPSA) is 30.7 Å². The molecule has 51 heavy (non-hydrogen) atoms. The molecule has 1 unspecified atom stereocenters. The largest absolute Gasteiger partial charge is 0.308 e. The zero-order valence-corrected chi connectivity index (χ0v) is 29.3. The summed E-state index contributed by atoms with van der Waals surface area (Å²) in [5.41, 5.74) is 19.1. The number of rotatable bonds is 4. The van der Waals surface area contributed by atoms with Gasteiger partial charge in [0.25, 0.3) is 0 Å². The lowest BCUT2D eigenvalue weighted by atomic mass is 9.60. The highest BCUT2D eigenvalue weighted by Crippen LogP contribution is 2.65. The first-order valence-electron chi connectivity index (χ1n) is 18.3. The monoisotopic (exact) mass is 655 g/mol. The van der Waals surface area contributed by atoms with Gasteiger partial charge in [0.1, 0.15) is 5.41 Å². The Bertz CT molecular complexity index is 2600. The van der Waals surface area contributed by atoms with Crippen LogP contribution in [0.4, 0.5) is 0 Å². The third-order valence-corrected chi connectivity index (χ3v) is 12.4. The molecule has 0 fully saturated rings. The van der Waals surface area contributed by atoms with Crippen molar-refractivity contribution >= 4 is 21.8 Å². The van der Waals surface area contributed by atoms with Crippen LogP contribution in [0.3, 0.4) is 0 Å². The van der Waals surface area contributed by atoms with Crippen molar-refractivity contribution < 1.29 is 0 Å². The molecule has 0 saturated carbocycles. The molecule has 244 valence electrons. The van der Waals surface area contributed by atoms with E-state index in [0.29, 0.717) is 5.92 Å². The van der Waals surface area contributed by atoms with Gasteiger partial charge < -0.3 is 4.57 Å². The molecule has 1 aliphatic carbocycles. The van der Waals surface area contributed by atoms with E-state index in [1.54, 1.807) is 0 Å². The summed E-state index contributed by atoms with van der Waals surface area (Å²) in [5, 5.41) is 2.60. The van der Waals surface area contributed by atoms with Crippen LogP contribution < -0.4 is 0 Å². The van der Waals surface area contributed by atoms with Crippen molar-refractivity contribution in [3.05, 3.63) is 195 Å². The molecular weight excluding hydrogens is 619 g/mol. The molecule has 0 N–H and O–H groups in total. The second-order valence-electron chi connectivity index (χ2n) is 15.0. The molecule has 5 aromatic carbocycles. The zero-order chi connectivity index (χ0) is 34.2. The van der Waals surface area contributed by atoms with Gasteiger partial charge in [0, 0.05) is 23.2 Å². The average molecular weight is 656 g/mol. The normalized spacial score (nSPS) is 15.8. The molecule has 8 aromatic rings. The summed E-state index contributed by atoms with van der Waals surface area (Å²) in [7, 11) is 0. The maximum absolute atomic E-state index is 5.26. The molecule has 0 amide bonds. The first-order valence-corrected chi connectivity index (χ1v) is 18.3. The minimum Gasteiger partial charge on any atom is -0.308 e. The van der Waals surface area contributed by atoms with E-state index in [0.717, 1.165) is 17.8 Å². The van der Waals surface area contributed by atoms with Crippen LogP contribution in [0.25, 0.3) is 38.6 Å². The van der Waals surface area contributed by atoms with Crippen LogP contribution in [-0.2, 0) is 10.8 Å². The van der Waals surface area contributed by atoms with Crippen LogP contribution in [0.1, 0.15) is 87.6 Å². The Morgan fingerprint density at radius 2 is 1.04 bits per heavy atom. The number of benzene rings is 5. The average Bonchev–Trinajstić information content (AvgIpc) is 3.65. The van der Waals surface area contributed by atoms with Gasteiger partial charge in [-0.15, -0.1) is 0 Å². The smallest absolute Gasteiger partial charge is 0.109 e. The van der Waals surface area contributed by atoms with Gasteiger partial charge >= 0.3 is 0 Å². The molecule has 3 aromatic heterocycles. The summed E-state index contributed by atoms with van der Waals surface area (Å²) in [4.78, 5) is 10.5. The Morgan fingerprint density at radius 1 is 0.549 bits per heavy atom. The van der Waals surface area contributed by atoms with Gasteiger partial charge in [0.15, 0.2) is 0 Å². The van der Waals surface area contributed by atoms with Gasteiger partial charge in [-0.3, -0.25) is 9.97 Å². The summed E-state index contributed by atoms with van der Waals surface area (Å²) in [5.74, 6) is 0.350. The summed E-state index contributed by atoms with van der Waals surface area (Å²) in [6, 6.07) is 46.0. The Hall–Kier alpha value is -5.80. The number of aromatic nitrogens is 3. The standard InChI is InChI=1S/C48H37N3/c1-5-30(4)31-26-40-46-41(27-31)48(42-18-10-12-20-49-42,43-19-11-13-21-50-43)39-25-29(3)23-35-34-22-28(2)24-38(44(34)51(46)45(35)39)47(40)36-16-8-6-14-32(36)33-15-7-9-17-37(33)47/h6-27,30H,5H2,1-4H3. The maximum atomic E-state index is 5.26. The SMILES string of the molecule is CCC(C)c1cc2c3c(c1)C1(c4ccccc4-c4ccccc41)c1cc(C)cc4c5cc(C)cc(c5n-3c14)C2(c1ccccn1)c1ccccn1. The van der Waals surface area contributed by atoms with E-state index in [9.17, 15) is 0 Å². The van der Waals surface area contributed by atoms with E-state index >= 15 is 0 Å². The lowest BCUT2D eigenvalue weighted by Gasteiger charge is -2.46. The van der Waals surface area contributed by atoms with Crippen molar-refractivity contribution in [1.29, 1.82) is 0 Å². The number of nitrogens with zero attached hydrogens (tertiary/aromatic N) is 3. The van der Waals surface area contributed by atoms with Gasteiger partial charge in [0.2, 0.25) is 0 Å². The van der Waals surface area contributed by atoms with E-state index in [-0.39, 0.29) is 0 Å². The highest BCUT2D eigenvalue weighted by atomic mass is 15.0. The molecule has 1 spiro atoms. The Balaban J connectivity index is 1.49. The third-order valence-electron chi connectivity index (χ3n) is 12.4. The molecule has 2 aliphatic heterocycles. The van der Waals surface area contributed by atoms with Gasteiger partial charge in [-0.1, -0.05) is 110 Å². The number of aryl methyl sites for hydroxylation is 2. The fraction of sp³-hybridized carbons (Fsp3) is 0.167. The molecule has 5 heterocycles. The van der Waals surface area contributed by atoms with Crippen molar-refractivity contribution in [3.8, 4) is 16.8 Å². The Labute approximate surface area is 298 Å². The number of fused-ring (bicyclic) bond motifs is 8. The maximum Gasteiger partial charge on any atom is 0.109 e. The minimum atomic E-state index is -0.754. The predicted octanol–water partition coefficient (Wildman–Crippen LogP) is 11.1. The van der Waals surface area contributed by atoms with Gasteiger partial charge in [0.05, 0.1) is 33.5 Å². The number of hydrogen-bond acceptors (Lipinski definition) is 2. The highest BCUT2D eigenvalue weighted by Gasteiger charge is 2.56. The van der Waals surface area contributed by atoms with Crippen molar-refractivity contribution in [2.45, 2.75) is 50.9 Å². The lowest BCUT2D eigenvalue weighted by molar-refractivity contribution is 0.647. The quantitative estimate of drug-likeness (QED) is 0.189. The van der Waals surface area contributed by atoms with Crippen molar-refractivity contribution in [2.75, 3.05) is 0 Å². The molecule has 1 atom stereocenters. The Kier molecular flexibility index (Phi) is 5.64. The summed E-state index contributed by atoms with van der Waals surface area (Å²) < 4.78 is 2.65. The fourth-order valence-electron chi connectivity index (χ4n) is 10.3. The summed E-state index contributed by atoms with van der Waals surface area (Å²) in [6.07, 6.45) is 4.95. The second-order valence-corrected chi connectivity index (χ2v) is 15.0. The molecule has 3 aliphatic rings. The molecule has 0 radical (unpaired) electrons. The third kappa shape index (κ3) is 3.31. The first-order chi connectivity index (χ1) is 25.0. The summed E-state index contributed by atoms with van der Waals surface area (Å²) >= 11 is 0. The molecule has 11 rings (SSSR count). The molecule has 3 nitrogen and oxygen atoms in total. The number of hydrogen-bond donors (Lipinski definition) is 0. The number of pyridine rings is 2. The van der Waals surface area contributed by atoms with Gasteiger partial charge in [-0.05, 0) is 113 Å². The van der Waals surface area contributed by atoms with Crippen LogP contribution in [0.5, 0.6) is 0 Å². The van der Waals surface area contributed by atoms with E-state index in [4.69, 9.17) is 9.97 Å². The molecule has 0 bridgehead atoms. The Morgan fingerprint density at radius 3 is 1.55 bits per heavy atom. The van der Waals surface area contributed by atoms with Crippen molar-refractivity contribution in [2.24, 2.45) is 0 Å². The highest BCUT2D eigenvalue weighted by molar-refractivity contribution is 6.16. The van der Waals surface area contributed by atoms with Crippen molar-refractivity contribution in [3.63, 3.8) is 0 Å². The fourth-order valence-corrected chi connectivity index (χ4v) is 10.3. The van der Waals surface area contributed by atoms with E-state index in [2.05, 4.69) is 141 Å². The zero-order valence-electron chi connectivity index (χ0n) is 29.3. The molecule has 3 heteroatoms. The predicted molar refractivity (Wildman–Crippen MR) is 207 cm³/mol. The van der Waals surface area contributed by atoms with Crippen LogP contribution in [0.2, 0.25) is 0 Å². The summed E-state index contributed by atoms with van der Waals surface area (Å²) in [6.45, 7) is 9.22. The van der Waals surface area contributed by atoms with Gasteiger partial charge in [-0.2, -0.15) is 0 Å². The van der Waals surface area contributed by atoms with Crippen LogP contribution >= 0.6 is 0 Å². The van der Waals surface area contributed by atoms with Gasteiger partial charge in [-0.25, -0.2) is 0 Å². The van der Waals surface area contributed by atoms with E-state index < -0.39 is 10.8 Å². The first kappa shape index (κ1) is 29.0.